The van der Waals surface area contributed by atoms with Crippen LogP contribution in [0.15, 0.2) is 47.4 Å². The molecule has 2 aliphatic rings. The zero-order valence-electron chi connectivity index (χ0n) is 17.5. The molecule has 33 heavy (non-hydrogen) atoms. The number of carboxylic acid groups (broad SMARTS) is 1. The van der Waals surface area contributed by atoms with Gasteiger partial charge < -0.3 is 24.1 Å². The van der Waals surface area contributed by atoms with Crippen LogP contribution in [0.3, 0.4) is 0 Å². The zero-order chi connectivity index (χ0) is 24.1. The summed E-state index contributed by atoms with van der Waals surface area (Å²) in [6.45, 7) is 2.33. The first kappa shape index (κ1) is 24.2. The summed E-state index contributed by atoms with van der Waals surface area (Å²) in [4.78, 5) is 41.5. The van der Waals surface area contributed by atoms with Crippen molar-refractivity contribution >= 4 is 17.8 Å². The summed E-state index contributed by atoms with van der Waals surface area (Å²) in [7, 11) is 0. The average molecular weight is 469 g/mol. The highest BCUT2D eigenvalue weighted by molar-refractivity contribution is 5.93. The van der Waals surface area contributed by atoms with Crippen molar-refractivity contribution < 1.29 is 41.8 Å². The molecule has 4 heterocycles. The van der Waals surface area contributed by atoms with Crippen LogP contribution >= 0.6 is 0 Å². The van der Waals surface area contributed by atoms with Crippen molar-refractivity contribution in [3.8, 4) is 0 Å². The summed E-state index contributed by atoms with van der Waals surface area (Å²) in [5, 5.41) is 7.12. The molecule has 1 spiro atoms. The molecular weight excluding hydrogens is 447 g/mol. The van der Waals surface area contributed by atoms with Crippen LogP contribution in [0.2, 0.25) is 0 Å². The summed E-state index contributed by atoms with van der Waals surface area (Å²) in [6, 6.07) is 7.38. The molecule has 178 valence electrons. The van der Waals surface area contributed by atoms with Gasteiger partial charge in [0.1, 0.15) is 12.9 Å². The van der Waals surface area contributed by atoms with Crippen molar-refractivity contribution in [2.24, 2.45) is 0 Å². The van der Waals surface area contributed by atoms with E-state index in [2.05, 4.69) is 4.98 Å². The third kappa shape index (κ3) is 6.31. The van der Waals surface area contributed by atoms with E-state index in [1.54, 1.807) is 12.3 Å². The van der Waals surface area contributed by atoms with Crippen molar-refractivity contribution in [2.75, 3.05) is 26.2 Å². The number of alkyl halides is 3. The van der Waals surface area contributed by atoms with Crippen LogP contribution in [0.25, 0.3) is 0 Å². The van der Waals surface area contributed by atoms with Crippen LogP contribution < -0.4 is 0 Å². The van der Waals surface area contributed by atoms with E-state index in [0.717, 1.165) is 5.69 Å². The van der Waals surface area contributed by atoms with E-state index < -0.39 is 12.1 Å². The predicted molar refractivity (Wildman–Crippen MR) is 106 cm³/mol. The summed E-state index contributed by atoms with van der Waals surface area (Å²) in [5.74, 6) is -2.79. The molecule has 0 aliphatic carbocycles. The molecule has 4 rings (SSSR count). The molecule has 12 heteroatoms. The van der Waals surface area contributed by atoms with Crippen molar-refractivity contribution in [1.29, 1.82) is 0 Å². The molecule has 0 bridgehead atoms. The van der Waals surface area contributed by atoms with Crippen LogP contribution in [0.5, 0.6) is 0 Å². The second-order valence-corrected chi connectivity index (χ2v) is 7.65. The minimum Gasteiger partial charge on any atom is -0.475 e. The molecule has 1 N–H and O–H groups in total. The Morgan fingerprint density at radius 2 is 1.88 bits per heavy atom. The quantitative estimate of drug-likeness (QED) is 0.734. The molecule has 2 aromatic rings. The smallest absolute Gasteiger partial charge is 0.475 e. The first-order valence-electron chi connectivity index (χ1n) is 10.0. The van der Waals surface area contributed by atoms with Crippen molar-refractivity contribution in [2.45, 2.75) is 31.2 Å². The van der Waals surface area contributed by atoms with E-state index in [0.29, 0.717) is 44.6 Å². The Kier molecular flexibility index (Phi) is 7.36. The highest BCUT2D eigenvalue weighted by Crippen LogP contribution is 2.31. The summed E-state index contributed by atoms with van der Waals surface area (Å²) in [5.41, 5.74) is 1.05. The molecule has 0 atom stereocenters. The van der Waals surface area contributed by atoms with Gasteiger partial charge in [0.05, 0.1) is 36.2 Å². The van der Waals surface area contributed by atoms with E-state index in [4.69, 9.17) is 19.1 Å². The molecule has 0 saturated carbocycles. The number of halogens is 3. The molecule has 2 aliphatic heterocycles. The van der Waals surface area contributed by atoms with E-state index in [9.17, 15) is 22.8 Å². The second kappa shape index (κ2) is 10.0. The number of rotatable bonds is 3. The first-order chi connectivity index (χ1) is 15.6. The number of carbonyl (C=O) groups is 3. The normalized spacial score (nSPS) is 18.0. The number of hydrogen-bond acceptors (Lipinski definition) is 6. The van der Waals surface area contributed by atoms with Crippen LogP contribution in [-0.4, -0.2) is 75.7 Å². The van der Waals surface area contributed by atoms with Gasteiger partial charge in [-0.3, -0.25) is 14.6 Å². The van der Waals surface area contributed by atoms with Gasteiger partial charge in [-0.2, -0.15) is 13.2 Å². The number of carbonyl (C=O) groups excluding carboxylic acids is 2. The topological polar surface area (TPSA) is 113 Å². The molecule has 9 nitrogen and oxygen atoms in total. The molecule has 2 amide bonds. The predicted octanol–water partition coefficient (Wildman–Crippen LogP) is 2.34. The number of morpholine rings is 1. The Bertz CT molecular complexity index is 957. The average Bonchev–Trinajstić information content (AvgIpc) is 3.32. The van der Waals surface area contributed by atoms with Crippen molar-refractivity contribution in [3.63, 3.8) is 0 Å². The monoisotopic (exact) mass is 469 g/mol. The van der Waals surface area contributed by atoms with Crippen LogP contribution in [-0.2, 0) is 20.9 Å². The number of likely N-dealkylation sites (tertiary alicyclic amines) is 1. The maximum absolute atomic E-state index is 12.4. The fourth-order valence-corrected chi connectivity index (χ4v) is 3.61. The number of furan rings is 1. The number of nitrogens with zero attached hydrogens (tertiary/aromatic N) is 3. The van der Waals surface area contributed by atoms with E-state index in [1.165, 1.54) is 12.5 Å². The Hall–Kier alpha value is -3.41. The molecule has 0 unspecified atom stereocenters. The van der Waals surface area contributed by atoms with Gasteiger partial charge in [0.15, 0.2) is 0 Å². The lowest BCUT2D eigenvalue weighted by atomic mass is 9.89. The van der Waals surface area contributed by atoms with Gasteiger partial charge in [0.2, 0.25) is 5.91 Å². The summed E-state index contributed by atoms with van der Waals surface area (Å²) in [6.07, 6.45) is 1.04. The second-order valence-electron chi connectivity index (χ2n) is 7.65. The van der Waals surface area contributed by atoms with Crippen LogP contribution in [0, 0.1) is 0 Å². The third-order valence-electron chi connectivity index (χ3n) is 5.39. The molecule has 2 fully saturated rings. The number of carboxylic acids is 1. The maximum Gasteiger partial charge on any atom is 0.490 e. The highest BCUT2D eigenvalue weighted by atomic mass is 19.4. The number of ether oxygens (including phenoxy) is 1. The van der Waals surface area contributed by atoms with E-state index in [-0.39, 0.29) is 24.0 Å². The van der Waals surface area contributed by atoms with Crippen molar-refractivity contribution in [1.82, 2.24) is 14.8 Å². The van der Waals surface area contributed by atoms with E-state index in [1.807, 2.05) is 28.0 Å². The van der Waals surface area contributed by atoms with Crippen LogP contribution in [0.4, 0.5) is 13.2 Å². The number of amides is 2. The summed E-state index contributed by atoms with van der Waals surface area (Å²) < 4.78 is 42.7. The largest absolute Gasteiger partial charge is 0.490 e. The number of pyridine rings is 1. The highest BCUT2D eigenvalue weighted by Gasteiger charge is 2.43. The summed E-state index contributed by atoms with van der Waals surface area (Å²) >= 11 is 0. The van der Waals surface area contributed by atoms with Gasteiger partial charge in [0, 0.05) is 19.3 Å². The maximum atomic E-state index is 12.4. The lowest BCUT2D eigenvalue weighted by Gasteiger charge is -2.46. The number of hydrogen-bond donors (Lipinski definition) is 1. The standard InChI is InChI=1S/C19H21N3O4.C2HF3O2/c23-17-13-26-19(14-22(17)11-16-3-1-2-7-20-16)5-8-21(9-6-19)18(24)15-4-10-25-12-15;3-2(4,5)1(6)7/h1-4,7,10,12H,5-6,8-9,11,13-14H2;(H,6,7). The van der Waals surface area contributed by atoms with Gasteiger partial charge in [-0.15, -0.1) is 0 Å². The molecule has 2 aromatic heterocycles. The Balaban J connectivity index is 0.000000383. The van der Waals surface area contributed by atoms with Gasteiger partial charge in [-0.05, 0) is 31.0 Å². The molecule has 2 saturated heterocycles. The van der Waals surface area contributed by atoms with Gasteiger partial charge in [0.25, 0.3) is 5.91 Å². The number of piperidine rings is 1. The van der Waals surface area contributed by atoms with Crippen LogP contribution in [0.1, 0.15) is 28.9 Å². The SMILES string of the molecule is O=C(O)C(F)(F)F.O=C1COC2(CCN(C(=O)c3ccoc3)CC2)CN1Cc1ccccn1. The minimum absolute atomic E-state index is 0.0156. The van der Waals surface area contributed by atoms with E-state index >= 15 is 0 Å². The number of aliphatic carboxylic acids is 1. The fourth-order valence-electron chi connectivity index (χ4n) is 3.61. The van der Waals surface area contributed by atoms with Gasteiger partial charge in [-0.1, -0.05) is 6.07 Å². The van der Waals surface area contributed by atoms with Crippen molar-refractivity contribution in [3.05, 3.63) is 54.2 Å². The Morgan fingerprint density at radius 1 is 1.18 bits per heavy atom. The minimum atomic E-state index is -5.08. The molecular formula is C21H22F3N3O6. The lowest BCUT2D eigenvalue weighted by Crippen LogP contribution is -2.59. The number of aromatic nitrogens is 1. The fraction of sp³-hybridized carbons (Fsp3) is 0.429. The molecule has 0 radical (unpaired) electrons. The van der Waals surface area contributed by atoms with Gasteiger partial charge in [-0.25, -0.2) is 4.79 Å². The lowest BCUT2D eigenvalue weighted by molar-refractivity contribution is -0.192. The molecule has 0 aromatic carbocycles. The van der Waals surface area contributed by atoms with Gasteiger partial charge >= 0.3 is 12.1 Å². The Morgan fingerprint density at radius 3 is 2.42 bits per heavy atom. The first-order valence-corrected chi connectivity index (χ1v) is 10.0. The third-order valence-corrected chi connectivity index (χ3v) is 5.39. The Labute approximate surface area is 186 Å². The zero-order valence-corrected chi connectivity index (χ0v) is 17.5.